The molecule has 2 unspecified atom stereocenters. The van der Waals surface area contributed by atoms with Gasteiger partial charge in [0, 0.05) is 12.6 Å². The number of benzene rings is 1. The zero-order chi connectivity index (χ0) is 14.2. The van der Waals surface area contributed by atoms with Crippen LogP contribution in [-0.2, 0) is 4.79 Å². The molecule has 1 aliphatic carbocycles. The van der Waals surface area contributed by atoms with Crippen molar-refractivity contribution in [1.82, 2.24) is 0 Å². The molecule has 4 heteroatoms. The van der Waals surface area contributed by atoms with E-state index in [0.29, 0.717) is 13.2 Å². The predicted octanol–water partition coefficient (Wildman–Crippen LogP) is 2.32. The molecule has 1 saturated carbocycles. The Balaban J connectivity index is 1.95. The highest BCUT2D eigenvalue weighted by atomic mass is 16.5. The molecule has 0 saturated heterocycles. The number of carbonyl (C=O) groups is 1. The molecule has 2 atom stereocenters. The van der Waals surface area contributed by atoms with Crippen molar-refractivity contribution in [3.05, 3.63) is 24.3 Å². The molecule has 108 valence electrons. The number of ether oxygens (including phenoxy) is 1. The zero-order valence-corrected chi connectivity index (χ0v) is 12.0. The lowest BCUT2D eigenvalue weighted by molar-refractivity contribution is -0.127. The van der Waals surface area contributed by atoms with Crippen molar-refractivity contribution in [2.75, 3.05) is 18.1 Å². The largest absolute Gasteiger partial charge is 0.491 e. The van der Waals surface area contributed by atoms with Gasteiger partial charge >= 0.3 is 0 Å². The third kappa shape index (κ3) is 2.08. The van der Waals surface area contributed by atoms with E-state index in [-0.39, 0.29) is 11.9 Å². The van der Waals surface area contributed by atoms with Crippen molar-refractivity contribution in [1.29, 1.82) is 0 Å². The fraction of sp³-hybridized carbons (Fsp3) is 0.562. The molecule has 3 rings (SSSR count). The Morgan fingerprint density at radius 3 is 2.95 bits per heavy atom. The Kier molecular flexibility index (Phi) is 3.42. The molecule has 20 heavy (non-hydrogen) atoms. The van der Waals surface area contributed by atoms with Gasteiger partial charge in [-0.2, -0.15) is 0 Å². The van der Waals surface area contributed by atoms with Gasteiger partial charge in [0.1, 0.15) is 5.75 Å². The monoisotopic (exact) mass is 274 g/mol. The number of nitrogens with zero attached hydrogens (tertiary/aromatic N) is 1. The van der Waals surface area contributed by atoms with Gasteiger partial charge < -0.3 is 15.4 Å². The summed E-state index contributed by atoms with van der Waals surface area (Å²) < 4.78 is 5.73. The van der Waals surface area contributed by atoms with Crippen molar-refractivity contribution < 1.29 is 9.53 Å². The highest BCUT2D eigenvalue weighted by Gasteiger charge is 2.45. The lowest BCUT2D eigenvalue weighted by atomic mass is 9.83. The Morgan fingerprint density at radius 2 is 2.20 bits per heavy atom. The summed E-state index contributed by atoms with van der Waals surface area (Å²) in [5.41, 5.74) is 6.65. The molecule has 0 aromatic heterocycles. The normalized spacial score (nSPS) is 29.5. The first-order chi connectivity index (χ1) is 9.63. The smallest absolute Gasteiger partial charge is 0.234 e. The average molecular weight is 274 g/mol. The molecule has 2 aliphatic rings. The minimum atomic E-state index is -0.433. The zero-order valence-electron chi connectivity index (χ0n) is 12.0. The third-order valence-electron chi connectivity index (χ3n) is 4.70. The minimum absolute atomic E-state index is 0.0358. The van der Waals surface area contributed by atoms with E-state index >= 15 is 0 Å². The van der Waals surface area contributed by atoms with E-state index in [1.54, 1.807) is 0 Å². The molecule has 1 aliphatic heterocycles. The number of nitrogens with two attached hydrogens (primary N) is 1. The standard InChI is InChI=1S/C16H22N2O2/c1-16(9-4-8-14(16)17)15(19)18-10-5-11-20-13-7-3-2-6-12(13)18/h2-3,6-7,14H,4-5,8-11,17H2,1H3. The summed E-state index contributed by atoms with van der Waals surface area (Å²) in [7, 11) is 0. The van der Waals surface area contributed by atoms with Crippen LogP contribution in [0.4, 0.5) is 5.69 Å². The number of anilines is 1. The van der Waals surface area contributed by atoms with Crippen LogP contribution in [0, 0.1) is 5.41 Å². The first-order valence-corrected chi connectivity index (χ1v) is 7.42. The van der Waals surface area contributed by atoms with E-state index in [4.69, 9.17) is 10.5 Å². The average Bonchev–Trinajstić information content (AvgIpc) is 2.69. The molecular weight excluding hydrogens is 252 g/mol. The van der Waals surface area contributed by atoms with Gasteiger partial charge in [0.25, 0.3) is 0 Å². The van der Waals surface area contributed by atoms with E-state index in [9.17, 15) is 4.79 Å². The summed E-state index contributed by atoms with van der Waals surface area (Å²) >= 11 is 0. The van der Waals surface area contributed by atoms with Crippen LogP contribution < -0.4 is 15.4 Å². The fourth-order valence-corrected chi connectivity index (χ4v) is 3.31. The van der Waals surface area contributed by atoms with Crippen LogP contribution in [0.25, 0.3) is 0 Å². The van der Waals surface area contributed by atoms with E-state index in [0.717, 1.165) is 37.1 Å². The molecular formula is C16H22N2O2. The number of fused-ring (bicyclic) bond motifs is 1. The fourth-order valence-electron chi connectivity index (χ4n) is 3.31. The molecule has 1 heterocycles. The summed E-state index contributed by atoms with van der Waals surface area (Å²) in [4.78, 5) is 14.9. The maximum absolute atomic E-state index is 13.0. The van der Waals surface area contributed by atoms with Crippen molar-refractivity contribution in [2.24, 2.45) is 11.1 Å². The van der Waals surface area contributed by atoms with Crippen LogP contribution >= 0.6 is 0 Å². The maximum Gasteiger partial charge on any atom is 0.234 e. The summed E-state index contributed by atoms with van der Waals surface area (Å²) in [6, 6.07) is 7.74. The van der Waals surface area contributed by atoms with Crippen LogP contribution in [-0.4, -0.2) is 25.1 Å². The van der Waals surface area contributed by atoms with Crippen LogP contribution in [0.15, 0.2) is 24.3 Å². The van der Waals surface area contributed by atoms with Crippen molar-refractivity contribution in [2.45, 2.75) is 38.6 Å². The summed E-state index contributed by atoms with van der Waals surface area (Å²) in [5, 5.41) is 0. The number of hydrogen-bond donors (Lipinski definition) is 1. The van der Waals surface area contributed by atoms with E-state index < -0.39 is 5.41 Å². The number of para-hydroxylation sites is 2. The van der Waals surface area contributed by atoms with E-state index in [2.05, 4.69) is 0 Å². The second-order valence-corrected chi connectivity index (χ2v) is 6.04. The van der Waals surface area contributed by atoms with Crippen LogP contribution in [0.5, 0.6) is 5.75 Å². The van der Waals surface area contributed by atoms with Gasteiger partial charge in [0.2, 0.25) is 5.91 Å². The topological polar surface area (TPSA) is 55.6 Å². The third-order valence-corrected chi connectivity index (χ3v) is 4.70. The van der Waals surface area contributed by atoms with E-state index in [1.165, 1.54) is 0 Å². The SMILES string of the molecule is CC1(C(=O)N2CCCOc3ccccc32)CCCC1N. The van der Waals surface area contributed by atoms with Gasteiger partial charge in [-0.25, -0.2) is 0 Å². The quantitative estimate of drug-likeness (QED) is 0.855. The number of amides is 1. The van der Waals surface area contributed by atoms with Crippen molar-refractivity contribution in [3.8, 4) is 5.75 Å². The van der Waals surface area contributed by atoms with Crippen LogP contribution in [0.2, 0.25) is 0 Å². The molecule has 0 bridgehead atoms. The molecule has 1 amide bonds. The van der Waals surface area contributed by atoms with Crippen LogP contribution in [0.3, 0.4) is 0 Å². The molecule has 0 spiro atoms. The molecule has 1 aromatic carbocycles. The summed E-state index contributed by atoms with van der Waals surface area (Å²) in [6.07, 6.45) is 3.71. The summed E-state index contributed by atoms with van der Waals surface area (Å²) in [6.45, 7) is 3.38. The van der Waals surface area contributed by atoms with Gasteiger partial charge in [-0.3, -0.25) is 4.79 Å². The first kappa shape index (κ1) is 13.4. The van der Waals surface area contributed by atoms with Gasteiger partial charge in [-0.1, -0.05) is 18.6 Å². The molecule has 2 N–H and O–H groups in total. The Labute approximate surface area is 119 Å². The van der Waals surface area contributed by atoms with Crippen LogP contribution in [0.1, 0.15) is 32.6 Å². The van der Waals surface area contributed by atoms with E-state index in [1.807, 2.05) is 36.1 Å². The van der Waals surface area contributed by atoms with Crippen molar-refractivity contribution in [3.63, 3.8) is 0 Å². The maximum atomic E-state index is 13.0. The molecule has 1 fully saturated rings. The lowest BCUT2D eigenvalue weighted by Gasteiger charge is -2.34. The summed E-state index contributed by atoms with van der Waals surface area (Å²) in [5.74, 6) is 0.953. The number of carbonyl (C=O) groups excluding carboxylic acids is 1. The highest BCUT2D eigenvalue weighted by molar-refractivity contribution is 5.99. The highest BCUT2D eigenvalue weighted by Crippen LogP contribution is 2.41. The van der Waals surface area contributed by atoms with Gasteiger partial charge in [-0.15, -0.1) is 0 Å². The minimum Gasteiger partial charge on any atom is -0.491 e. The van der Waals surface area contributed by atoms with Gasteiger partial charge in [0.05, 0.1) is 17.7 Å². The second kappa shape index (κ2) is 5.09. The molecule has 4 nitrogen and oxygen atoms in total. The lowest BCUT2D eigenvalue weighted by Crippen LogP contribution is -2.49. The van der Waals surface area contributed by atoms with Gasteiger partial charge in [-0.05, 0) is 38.3 Å². The Bertz CT molecular complexity index is 517. The first-order valence-electron chi connectivity index (χ1n) is 7.42. The number of rotatable bonds is 1. The Hall–Kier alpha value is -1.55. The predicted molar refractivity (Wildman–Crippen MR) is 78.8 cm³/mol. The second-order valence-electron chi connectivity index (χ2n) is 6.04. The van der Waals surface area contributed by atoms with Gasteiger partial charge in [0.15, 0.2) is 0 Å². The number of hydrogen-bond acceptors (Lipinski definition) is 3. The molecule has 1 aromatic rings. The van der Waals surface area contributed by atoms with Crippen molar-refractivity contribution >= 4 is 11.6 Å². The molecule has 0 radical (unpaired) electrons. The Morgan fingerprint density at radius 1 is 1.40 bits per heavy atom.